The molecule has 0 fully saturated rings. The molecular weight excluding hydrogens is 410 g/mol. The van der Waals surface area contributed by atoms with E-state index >= 15 is 0 Å². The van der Waals surface area contributed by atoms with Gasteiger partial charge in [0.1, 0.15) is 0 Å². The summed E-state index contributed by atoms with van der Waals surface area (Å²) >= 11 is 0. The van der Waals surface area contributed by atoms with Crippen LogP contribution in [0.2, 0.25) is 0 Å². The third kappa shape index (κ3) is 2.55. The zero-order valence-corrected chi connectivity index (χ0v) is 19.4. The van der Waals surface area contributed by atoms with Crippen molar-refractivity contribution in [1.82, 2.24) is 4.57 Å². The molecule has 0 atom stereocenters. The van der Waals surface area contributed by atoms with E-state index in [2.05, 4.69) is 134 Å². The first kappa shape index (κ1) is 19.4. The van der Waals surface area contributed by atoms with Crippen molar-refractivity contribution in [2.45, 2.75) is 19.3 Å². The maximum atomic E-state index is 2.49. The summed E-state index contributed by atoms with van der Waals surface area (Å²) in [7, 11) is 0. The van der Waals surface area contributed by atoms with E-state index < -0.39 is 0 Å². The molecule has 0 saturated carbocycles. The zero-order valence-electron chi connectivity index (χ0n) is 19.4. The third-order valence-electron chi connectivity index (χ3n) is 7.57. The molecule has 5 aromatic carbocycles. The van der Waals surface area contributed by atoms with Crippen LogP contribution in [-0.4, -0.2) is 4.57 Å². The van der Waals surface area contributed by atoms with Gasteiger partial charge in [0.2, 0.25) is 0 Å². The summed E-state index contributed by atoms with van der Waals surface area (Å²) in [5, 5.41) is 4.00. The largest absolute Gasteiger partial charge is 0.309 e. The molecule has 6 aromatic rings. The number of hydrogen-bond donors (Lipinski definition) is 0. The molecule has 7 rings (SSSR count). The third-order valence-corrected chi connectivity index (χ3v) is 7.57. The highest BCUT2D eigenvalue weighted by Gasteiger charge is 2.40. The predicted octanol–water partition coefficient (Wildman–Crippen LogP) is 8.76. The molecule has 0 unspecified atom stereocenters. The number of aromatic nitrogens is 1. The van der Waals surface area contributed by atoms with Crippen LogP contribution in [0.5, 0.6) is 0 Å². The normalized spacial score (nSPS) is 13.8. The van der Waals surface area contributed by atoms with Gasteiger partial charge in [-0.3, -0.25) is 0 Å². The van der Waals surface area contributed by atoms with E-state index in [-0.39, 0.29) is 5.41 Å². The number of benzene rings is 5. The smallest absolute Gasteiger partial charge is 0.0585 e. The summed E-state index contributed by atoms with van der Waals surface area (Å²) in [6, 6.07) is 41.9. The van der Waals surface area contributed by atoms with Gasteiger partial charge < -0.3 is 4.57 Å². The molecule has 1 heteroatoms. The van der Waals surface area contributed by atoms with Gasteiger partial charge >= 0.3 is 0 Å². The second-order valence-corrected chi connectivity index (χ2v) is 9.82. The summed E-state index contributed by atoms with van der Waals surface area (Å²) in [6.07, 6.45) is 0. The summed E-state index contributed by atoms with van der Waals surface area (Å²) in [6.45, 7) is 4.75. The van der Waals surface area contributed by atoms with Gasteiger partial charge in [0.05, 0.1) is 11.2 Å². The molecule has 0 radical (unpaired) electrons. The quantitative estimate of drug-likeness (QED) is 0.256. The van der Waals surface area contributed by atoms with Gasteiger partial charge in [-0.05, 0) is 51.2 Å². The molecule has 1 aliphatic carbocycles. The summed E-state index contributed by atoms with van der Waals surface area (Å²) in [5.41, 5.74) is 10.4. The van der Waals surface area contributed by atoms with E-state index in [4.69, 9.17) is 0 Å². The first-order valence-corrected chi connectivity index (χ1v) is 12.0. The minimum atomic E-state index is -0.0659. The summed E-state index contributed by atoms with van der Waals surface area (Å²) < 4.78 is 2.49. The van der Waals surface area contributed by atoms with Crippen LogP contribution < -0.4 is 0 Å². The molecule has 0 aliphatic heterocycles. The summed E-state index contributed by atoms with van der Waals surface area (Å²) in [5.74, 6) is 0. The van der Waals surface area contributed by atoms with Crippen molar-refractivity contribution in [1.29, 1.82) is 0 Å². The Balaban J connectivity index is 1.58. The van der Waals surface area contributed by atoms with Gasteiger partial charge in [-0.15, -0.1) is 0 Å². The van der Waals surface area contributed by atoms with Crippen LogP contribution in [0.25, 0.3) is 49.7 Å². The number of hydrogen-bond acceptors (Lipinski definition) is 0. The number of fused-ring (bicyclic) bond motifs is 7. The van der Waals surface area contributed by atoms with Crippen molar-refractivity contribution in [3.05, 3.63) is 126 Å². The van der Waals surface area contributed by atoms with Crippen LogP contribution in [0.1, 0.15) is 25.0 Å². The minimum absolute atomic E-state index is 0.0659. The van der Waals surface area contributed by atoms with Crippen molar-refractivity contribution in [2.75, 3.05) is 0 Å². The Hall–Kier alpha value is -4.10. The van der Waals surface area contributed by atoms with Crippen molar-refractivity contribution in [2.24, 2.45) is 0 Å². The van der Waals surface area contributed by atoms with E-state index in [0.717, 1.165) is 0 Å². The van der Waals surface area contributed by atoms with Crippen LogP contribution in [0.4, 0.5) is 0 Å². The highest BCUT2D eigenvalue weighted by atomic mass is 15.0. The molecule has 1 nitrogen and oxygen atoms in total. The Kier molecular flexibility index (Phi) is 3.96. The molecule has 0 amide bonds. The van der Waals surface area contributed by atoms with Crippen molar-refractivity contribution in [3.63, 3.8) is 0 Å². The molecule has 1 aliphatic rings. The first-order valence-electron chi connectivity index (χ1n) is 12.0. The van der Waals surface area contributed by atoms with Crippen LogP contribution in [0, 0.1) is 0 Å². The average molecular weight is 436 g/mol. The Labute approximate surface area is 199 Å². The topological polar surface area (TPSA) is 4.93 Å². The Morgan fingerprint density at radius 3 is 2.09 bits per heavy atom. The zero-order chi connectivity index (χ0) is 22.9. The van der Waals surface area contributed by atoms with Gasteiger partial charge in [0.25, 0.3) is 0 Å². The Morgan fingerprint density at radius 1 is 0.588 bits per heavy atom. The molecule has 34 heavy (non-hydrogen) atoms. The van der Waals surface area contributed by atoms with Crippen LogP contribution in [0.15, 0.2) is 115 Å². The first-order chi connectivity index (χ1) is 16.6. The second-order valence-electron chi connectivity index (χ2n) is 9.82. The molecule has 1 heterocycles. The lowest BCUT2D eigenvalue weighted by Gasteiger charge is -2.21. The fraction of sp³-hybridized carbons (Fsp3) is 0.0909. The average Bonchev–Trinajstić information content (AvgIpc) is 3.36. The summed E-state index contributed by atoms with van der Waals surface area (Å²) in [4.78, 5) is 0. The van der Waals surface area contributed by atoms with Gasteiger partial charge in [-0.1, -0.05) is 111 Å². The standard InChI is InChI=1S/C33H25N/c1-33(2)28-15-9-8-14-27(28)32-31(33)30-26-13-7-6-12-24(26)18-21-29(30)34(32)25-19-16-23(17-20-25)22-10-4-3-5-11-22/h3-21H,1-2H3. The lowest BCUT2D eigenvalue weighted by Crippen LogP contribution is -2.14. The number of rotatable bonds is 2. The molecule has 0 saturated heterocycles. The lowest BCUT2D eigenvalue weighted by molar-refractivity contribution is 0.666. The fourth-order valence-electron chi connectivity index (χ4n) is 5.99. The SMILES string of the molecule is CC1(C)c2ccccc2-c2c1c1c3ccccc3ccc1n2-c1ccc(-c2ccccc2)cc1. The van der Waals surface area contributed by atoms with E-state index in [1.165, 1.54) is 60.9 Å². The van der Waals surface area contributed by atoms with E-state index in [9.17, 15) is 0 Å². The van der Waals surface area contributed by atoms with Crippen molar-refractivity contribution in [3.8, 4) is 28.1 Å². The van der Waals surface area contributed by atoms with Gasteiger partial charge in [-0.2, -0.15) is 0 Å². The molecule has 1 aromatic heterocycles. The lowest BCUT2D eigenvalue weighted by atomic mass is 9.81. The molecule has 0 bridgehead atoms. The van der Waals surface area contributed by atoms with E-state index in [1.54, 1.807) is 0 Å². The molecule has 0 spiro atoms. The van der Waals surface area contributed by atoms with E-state index in [1.807, 2.05) is 0 Å². The van der Waals surface area contributed by atoms with E-state index in [0.29, 0.717) is 0 Å². The van der Waals surface area contributed by atoms with Crippen LogP contribution in [0.3, 0.4) is 0 Å². The molecule has 0 N–H and O–H groups in total. The monoisotopic (exact) mass is 435 g/mol. The van der Waals surface area contributed by atoms with Gasteiger partial charge in [0.15, 0.2) is 0 Å². The Bertz CT molecular complexity index is 1700. The highest BCUT2D eigenvalue weighted by Crippen LogP contribution is 2.54. The van der Waals surface area contributed by atoms with Crippen LogP contribution in [-0.2, 0) is 5.41 Å². The van der Waals surface area contributed by atoms with Crippen molar-refractivity contribution >= 4 is 21.7 Å². The maximum absolute atomic E-state index is 2.49. The van der Waals surface area contributed by atoms with Gasteiger partial charge in [0, 0.05) is 22.1 Å². The van der Waals surface area contributed by atoms with Crippen LogP contribution >= 0.6 is 0 Å². The highest BCUT2D eigenvalue weighted by molar-refractivity contribution is 6.13. The molecule has 162 valence electrons. The predicted molar refractivity (Wildman–Crippen MR) is 144 cm³/mol. The Morgan fingerprint density at radius 2 is 1.26 bits per heavy atom. The second kappa shape index (κ2) is 6.95. The minimum Gasteiger partial charge on any atom is -0.309 e. The number of nitrogens with zero attached hydrogens (tertiary/aromatic N) is 1. The van der Waals surface area contributed by atoms with Gasteiger partial charge in [-0.25, -0.2) is 0 Å². The fourth-order valence-corrected chi connectivity index (χ4v) is 5.99. The van der Waals surface area contributed by atoms with Crippen molar-refractivity contribution < 1.29 is 0 Å². The molecular formula is C33H25N. The maximum Gasteiger partial charge on any atom is 0.0585 e.